The lowest BCUT2D eigenvalue weighted by Crippen LogP contribution is -2.51. The number of nitrogens with one attached hydrogen (secondary N) is 3. The molecule has 2 atom stereocenters. The van der Waals surface area contributed by atoms with E-state index in [1.807, 2.05) is 19.3 Å². The van der Waals surface area contributed by atoms with Gasteiger partial charge in [-0.3, -0.25) is 9.89 Å². The van der Waals surface area contributed by atoms with E-state index in [4.69, 9.17) is 0 Å². The number of aliphatic imine (C=N–C) groups is 1. The summed E-state index contributed by atoms with van der Waals surface area (Å²) in [4.78, 5) is 10.1. The quantitative estimate of drug-likeness (QED) is 0.415. The molecule has 6 heteroatoms. The Morgan fingerprint density at radius 3 is 2.84 bits per heavy atom. The first-order chi connectivity index (χ1) is 15.1. The van der Waals surface area contributed by atoms with Crippen LogP contribution in [0.3, 0.4) is 0 Å². The Bertz CT molecular complexity index is 1010. The molecular formula is C25H32FN5. The Hall–Kier alpha value is -2.86. The van der Waals surface area contributed by atoms with Crippen molar-refractivity contribution in [3.8, 4) is 0 Å². The van der Waals surface area contributed by atoms with Crippen LogP contribution in [0.1, 0.15) is 30.9 Å². The molecule has 0 amide bonds. The molecule has 164 valence electrons. The molecule has 0 aliphatic carbocycles. The van der Waals surface area contributed by atoms with Crippen LogP contribution in [0, 0.1) is 5.82 Å². The highest BCUT2D eigenvalue weighted by molar-refractivity contribution is 5.83. The SMILES string of the molecule is CN=C(NCCc1c[nH]c2cc(F)ccc12)NC1CCN(Cc2ccccc2)C(C)C1. The van der Waals surface area contributed by atoms with Gasteiger partial charge in [-0.05, 0) is 55.5 Å². The van der Waals surface area contributed by atoms with E-state index in [2.05, 4.69) is 62.8 Å². The fourth-order valence-corrected chi connectivity index (χ4v) is 4.47. The lowest BCUT2D eigenvalue weighted by Gasteiger charge is -2.38. The maximum Gasteiger partial charge on any atom is 0.191 e. The molecule has 1 saturated heterocycles. The lowest BCUT2D eigenvalue weighted by atomic mass is 9.97. The van der Waals surface area contributed by atoms with Gasteiger partial charge in [0.2, 0.25) is 0 Å². The number of aromatic amines is 1. The summed E-state index contributed by atoms with van der Waals surface area (Å²) in [5.41, 5.74) is 3.40. The normalized spacial score (nSPS) is 20.2. The van der Waals surface area contributed by atoms with Crippen molar-refractivity contribution >= 4 is 16.9 Å². The van der Waals surface area contributed by atoms with Gasteiger partial charge in [0.25, 0.3) is 0 Å². The number of hydrogen-bond donors (Lipinski definition) is 3. The van der Waals surface area contributed by atoms with Crippen LogP contribution >= 0.6 is 0 Å². The Kier molecular flexibility index (Phi) is 6.87. The summed E-state index contributed by atoms with van der Waals surface area (Å²) in [5.74, 6) is 0.632. The Balaban J connectivity index is 1.25. The summed E-state index contributed by atoms with van der Waals surface area (Å²) in [5, 5.41) is 8.11. The largest absolute Gasteiger partial charge is 0.361 e. The Morgan fingerprint density at radius 1 is 1.23 bits per heavy atom. The molecule has 2 aromatic carbocycles. The monoisotopic (exact) mass is 421 g/mol. The van der Waals surface area contributed by atoms with Crippen molar-refractivity contribution in [3.05, 3.63) is 71.7 Å². The molecular weight excluding hydrogens is 389 g/mol. The van der Waals surface area contributed by atoms with Crippen LogP contribution < -0.4 is 10.6 Å². The van der Waals surface area contributed by atoms with Gasteiger partial charge < -0.3 is 15.6 Å². The number of benzene rings is 2. The molecule has 0 saturated carbocycles. The number of H-pyrrole nitrogens is 1. The van der Waals surface area contributed by atoms with Gasteiger partial charge in [-0.2, -0.15) is 0 Å². The third kappa shape index (κ3) is 5.44. The minimum atomic E-state index is -0.215. The smallest absolute Gasteiger partial charge is 0.191 e. The van der Waals surface area contributed by atoms with E-state index in [9.17, 15) is 4.39 Å². The van der Waals surface area contributed by atoms with Crippen LogP contribution in [0.4, 0.5) is 4.39 Å². The van der Waals surface area contributed by atoms with E-state index >= 15 is 0 Å². The zero-order valence-electron chi connectivity index (χ0n) is 18.4. The van der Waals surface area contributed by atoms with Crippen LogP contribution in [-0.2, 0) is 13.0 Å². The van der Waals surface area contributed by atoms with Crippen molar-refractivity contribution in [2.75, 3.05) is 20.1 Å². The van der Waals surface area contributed by atoms with Crippen LogP contribution in [0.2, 0.25) is 0 Å². The third-order valence-corrected chi connectivity index (χ3v) is 6.22. The molecule has 5 nitrogen and oxygen atoms in total. The first-order valence-electron chi connectivity index (χ1n) is 11.1. The van der Waals surface area contributed by atoms with E-state index in [1.165, 1.54) is 23.3 Å². The predicted molar refractivity (Wildman–Crippen MR) is 126 cm³/mol. The van der Waals surface area contributed by atoms with Crippen LogP contribution in [0.15, 0.2) is 59.7 Å². The number of nitrogens with zero attached hydrogens (tertiary/aromatic N) is 2. The summed E-state index contributed by atoms with van der Waals surface area (Å²) in [7, 11) is 1.82. The second-order valence-electron chi connectivity index (χ2n) is 8.42. The van der Waals surface area contributed by atoms with Crippen LogP contribution in [-0.4, -0.2) is 48.1 Å². The molecule has 1 fully saturated rings. The van der Waals surface area contributed by atoms with E-state index in [-0.39, 0.29) is 5.82 Å². The molecule has 3 N–H and O–H groups in total. The zero-order valence-corrected chi connectivity index (χ0v) is 18.4. The van der Waals surface area contributed by atoms with Gasteiger partial charge in [-0.1, -0.05) is 30.3 Å². The van der Waals surface area contributed by atoms with Crippen molar-refractivity contribution in [2.45, 2.75) is 44.8 Å². The van der Waals surface area contributed by atoms with Crippen molar-refractivity contribution in [1.29, 1.82) is 0 Å². The van der Waals surface area contributed by atoms with Gasteiger partial charge in [0.1, 0.15) is 5.82 Å². The molecule has 1 aliphatic rings. The van der Waals surface area contributed by atoms with Gasteiger partial charge in [-0.15, -0.1) is 0 Å². The van der Waals surface area contributed by atoms with E-state index in [0.717, 1.165) is 55.8 Å². The first-order valence-corrected chi connectivity index (χ1v) is 11.1. The van der Waals surface area contributed by atoms with E-state index < -0.39 is 0 Å². The van der Waals surface area contributed by atoms with E-state index in [0.29, 0.717) is 12.1 Å². The minimum Gasteiger partial charge on any atom is -0.361 e. The number of hydrogen-bond acceptors (Lipinski definition) is 2. The molecule has 0 radical (unpaired) electrons. The molecule has 4 rings (SSSR count). The number of guanidine groups is 1. The molecule has 2 unspecified atom stereocenters. The summed E-state index contributed by atoms with van der Waals surface area (Å²) in [6.45, 7) is 5.17. The first kappa shape index (κ1) is 21.4. The highest BCUT2D eigenvalue weighted by Gasteiger charge is 2.25. The van der Waals surface area contributed by atoms with Gasteiger partial charge in [-0.25, -0.2) is 4.39 Å². The Morgan fingerprint density at radius 2 is 2.06 bits per heavy atom. The lowest BCUT2D eigenvalue weighted by molar-refractivity contribution is 0.134. The average Bonchev–Trinajstić information content (AvgIpc) is 3.17. The number of aromatic nitrogens is 1. The standard InChI is InChI=1S/C25H32FN5/c1-18-14-22(11-13-31(18)17-19-6-4-3-5-7-19)30-25(27-2)28-12-10-20-16-29-24-15-21(26)8-9-23(20)24/h3-9,15-16,18,22,29H,10-14,17H2,1-2H3,(H2,27,28,30). The predicted octanol–water partition coefficient (Wildman–Crippen LogP) is 4.07. The highest BCUT2D eigenvalue weighted by Crippen LogP contribution is 2.21. The summed E-state index contributed by atoms with van der Waals surface area (Å²) < 4.78 is 13.4. The number of piperidine rings is 1. The molecule has 1 aromatic heterocycles. The van der Waals surface area contributed by atoms with Crippen LogP contribution in [0.5, 0.6) is 0 Å². The molecule has 0 bridgehead atoms. The topological polar surface area (TPSA) is 55.5 Å². The second kappa shape index (κ2) is 9.96. The van der Waals surface area contributed by atoms with Gasteiger partial charge in [0.05, 0.1) is 0 Å². The van der Waals surface area contributed by atoms with E-state index in [1.54, 1.807) is 0 Å². The molecule has 31 heavy (non-hydrogen) atoms. The van der Waals surface area contributed by atoms with Crippen molar-refractivity contribution in [2.24, 2.45) is 4.99 Å². The summed E-state index contributed by atoms with van der Waals surface area (Å²) >= 11 is 0. The molecule has 0 spiro atoms. The van der Waals surface area contributed by atoms with Gasteiger partial charge in [0.15, 0.2) is 5.96 Å². The third-order valence-electron chi connectivity index (χ3n) is 6.22. The number of rotatable bonds is 6. The number of fused-ring (bicyclic) bond motifs is 1. The molecule has 1 aliphatic heterocycles. The van der Waals surface area contributed by atoms with Gasteiger partial charge >= 0.3 is 0 Å². The van der Waals surface area contributed by atoms with Crippen molar-refractivity contribution in [3.63, 3.8) is 0 Å². The number of likely N-dealkylation sites (tertiary alicyclic amines) is 1. The molecule has 3 aromatic rings. The fourth-order valence-electron chi connectivity index (χ4n) is 4.47. The summed E-state index contributed by atoms with van der Waals surface area (Å²) in [6, 6.07) is 16.5. The highest BCUT2D eigenvalue weighted by atomic mass is 19.1. The van der Waals surface area contributed by atoms with Crippen molar-refractivity contribution in [1.82, 2.24) is 20.5 Å². The summed E-state index contributed by atoms with van der Waals surface area (Å²) in [6.07, 6.45) is 5.01. The van der Waals surface area contributed by atoms with Crippen LogP contribution in [0.25, 0.3) is 10.9 Å². The zero-order chi connectivity index (χ0) is 21.6. The van der Waals surface area contributed by atoms with Crippen molar-refractivity contribution < 1.29 is 4.39 Å². The average molecular weight is 422 g/mol. The Labute approximate surface area is 183 Å². The fraction of sp³-hybridized carbons (Fsp3) is 0.400. The number of halogens is 1. The van der Waals surface area contributed by atoms with Gasteiger partial charge in [0, 0.05) is 55.9 Å². The minimum absolute atomic E-state index is 0.215. The second-order valence-corrected chi connectivity index (χ2v) is 8.42. The maximum atomic E-state index is 13.4. The maximum absolute atomic E-state index is 13.4. The molecule has 2 heterocycles.